The molecule has 1 saturated carbocycles. The van der Waals surface area contributed by atoms with Crippen LogP contribution in [0, 0.1) is 5.41 Å². The summed E-state index contributed by atoms with van der Waals surface area (Å²) in [5.41, 5.74) is 0.197. The van der Waals surface area contributed by atoms with Crippen LogP contribution >= 0.6 is 12.4 Å². The van der Waals surface area contributed by atoms with Crippen molar-refractivity contribution in [3.05, 3.63) is 0 Å². The fraction of sp³-hybridized carbons (Fsp3) is 0.933. The molecule has 1 heterocycles. The van der Waals surface area contributed by atoms with Crippen LogP contribution in [0.4, 0.5) is 0 Å². The Morgan fingerprint density at radius 2 is 1.89 bits per heavy atom. The van der Waals surface area contributed by atoms with Crippen LogP contribution in [-0.2, 0) is 4.79 Å². The van der Waals surface area contributed by atoms with Crippen LogP contribution in [0.15, 0.2) is 0 Å². The maximum atomic E-state index is 12.5. The van der Waals surface area contributed by atoms with Gasteiger partial charge in [-0.2, -0.15) is 0 Å². The number of amides is 1. The van der Waals surface area contributed by atoms with Crippen LogP contribution in [0.2, 0.25) is 0 Å². The molecule has 2 rings (SSSR count). The normalized spacial score (nSPS) is 30.7. The number of carbonyl (C=O) groups excluding carboxylic acids is 1. The van der Waals surface area contributed by atoms with Crippen molar-refractivity contribution in [1.82, 2.24) is 10.6 Å². The lowest BCUT2D eigenvalue weighted by Gasteiger charge is -2.36. The molecule has 4 heteroatoms. The Labute approximate surface area is 123 Å². The van der Waals surface area contributed by atoms with Crippen LogP contribution in [0.5, 0.6) is 0 Å². The first-order valence-corrected chi connectivity index (χ1v) is 7.53. The highest BCUT2D eigenvalue weighted by Crippen LogP contribution is 2.35. The van der Waals surface area contributed by atoms with Gasteiger partial charge in [-0.15, -0.1) is 12.4 Å². The van der Waals surface area contributed by atoms with Crippen LogP contribution in [-0.4, -0.2) is 24.0 Å². The van der Waals surface area contributed by atoms with E-state index in [0.717, 1.165) is 38.6 Å². The van der Waals surface area contributed by atoms with Gasteiger partial charge < -0.3 is 10.6 Å². The lowest BCUT2D eigenvalue weighted by molar-refractivity contribution is -0.128. The van der Waals surface area contributed by atoms with Crippen molar-refractivity contribution in [1.29, 1.82) is 0 Å². The predicted molar refractivity (Wildman–Crippen MR) is 81.7 cm³/mol. The Balaban J connectivity index is 0.00000180. The molecule has 2 aliphatic rings. The average molecular weight is 289 g/mol. The van der Waals surface area contributed by atoms with Crippen LogP contribution < -0.4 is 10.6 Å². The van der Waals surface area contributed by atoms with Gasteiger partial charge in [0, 0.05) is 6.04 Å². The van der Waals surface area contributed by atoms with Crippen molar-refractivity contribution in [3.8, 4) is 0 Å². The maximum absolute atomic E-state index is 12.5. The first kappa shape index (κ1) is 16.8. The van der Waals surface area contributed by atoms with Crippen LogP contribution in [0.25, 0.3) is 0 Å². The summed E-state index contributed by atoms with van der Waals surface area (Å²) in [5.74, 6) is 0.243. The van der Waals surface area contributed by atoms with E-state index in [1.807, 2.05) is 0 Å². The molecule has 0 aromatic carbocycles. The molecule has 0 radical (unpaired) electrons. The number of halogens is 1. The van der Waals surface area contributed by atoms with E-state index < -0.39 is 0 Å². The second-order valence-electron chi connectivity index (χ2n) is 6.88. The van der Waals surface area contributed by atoms with Gasteiger partial charge in [-0.3, -0.25) is 4.79 Å². The smallest absolute Gasteiger partial charge is 0.240 e. The van der Waals surface area contributed by atoms with E-state index in [4.69, 9.17) is 0 Å². The fourth-order valence-corrected chi connectivity index (χ4v) is 3.33. The summed E-state index contributed by atoms with van der Waals surface area (Å²) in [5, 5.41) is 6.70. The molecule has 2 fully saturated rings. The summed E-state index contributed by atoms with van der Waals surface area (Å²) < 4.78 is 0. The van der Waals surface area contributed by atoms with Gasteiger partial charge in [0.05, 0.1) is 5.54 Å². The van der Waals surface area contributed by atoms with Gasteiger partial charge in [0.2, 0.25) is 5.91 Å². The van der Waals surface area contributed by atoms with Crippen LogP contribution in [0.3, 0.4) is 0 Å². The molecular formula is C15H29ClN2O. The van der Waals surface area contributed by atoms with E-state index in [-0.39, 0.29) is 23.9 Å². The molecule has 0 spiro atoms. The molecule has 0 bridgehead atoms. The van der Waals surface area contributed by atoms with Crippen molar-refractivity contribution in [2.45, 2.75) is 77.3 Å². The molecule has 3 nitrogen and oxygen atoms in total. The molecule has 2 N–H and O–H groups in total. The molecule has 19 heavy (non-hydrogen) atoms. The Hall–Kier alpha value is -0.280. The molecular weight excluding hydrogens is 260 g/mol. The summed E-state index contributed by atoms with van der Waals surface area (Å²) in [6.07, 6.45) is 7.75. The van der Waals surface area contributed by atoms with E-state index in [1.54, 1.807) is 0 Å². The van der Waals surface area contributed by atoms with Crippen molar-refractivity contribution in [2.75, 3.05) is 6.54 Å². The number of carbonyl (C=O) groups is 1. The van der Waals surface area contributed by atoms with E-state index in [0.29, 0.717) is 11.5 Å². The van der Waals surface area contributed by atoms with E-state index >= 15 is 0 Å². The lowest BCUT2D eigenvalue weighted by atomic mass is 9.75. The van der Waals surface area contributed by atoms with Crippen molar-refractivity contribution < 1.29 is 4.79 Å². The van der Waals surface area contributed by atoms with Gasteiger partial charge in [0.15, 0.2) is 0 Å². The van der Waals surface area contributed by atoms with Gasteiger partial charge in [-0.1, -0.05) is 20.8 Å². The Bertz CT molecular complexity index is 301. The second-order valence-corrected chi connectivity index (χ2v) is 6.88. The molecule has 0 aromatic heterocycles. The van der Waals surface area contributed by atoms with Crippen LogP contribution in [0.1, 0.15) is 65.7 Å². The largest absolute Gasteiger partial charge is 0.352 e. The monoisotopic (exact) mass is 288 g/mol. The molecule has 1 aliphatic carbocycles. The summed E-state index contributed by atoms with van der Waals surface area (Å²) >= 11 is 0. The second kappa shape index (κ2) is 6.45. The molecule has 1 aliphatic heterocycles. The molecule has 1 atom stereocenters. The number of nitrogens with one attached hydrogen (secondary N) is 2. The zero-order valence-corrected chi connectivity index (χ0v) is 13.4. The zero-order valence-electron chi connectivity index (χ0n) is 12.6. The Morgan fingerprint density at radius 3 is 2.37 bits per heavy atom. The number of hydrogen-bond acceptors (Lipinski definition) is 2. The summed E-state index contributed by atoms with van der Waals surface area (Å²) in [7, 11) is 0. The average Bonchev–Trinajstić information content (AvgIpc) is 2.82. The van der Waals surface area contributed by atoms with Crippen molar-refractivity contribution in [3.63, 3.8) is 0 Å². The minimum absolute atomic E-state index is 0. The van der Waals surface area contributed by atoms with Crippen molar-refractivity contribution >= 4 is 18.3 Å². The topological polar surface area (TPSA) is 41.1 Å². The highest BCUT2D eigenvalue weighted by Gasteiger charge is 2.40. The standard InChI is InChI=1S/C15H28N2O.ClH/c1-4-15(8-5-11-16-15)13(18)17-12-6-9-14(2,3)10-7-12;/h12,16H,4-11H2,1-3H3,(H,17,18);1H. The third-order valence-corrected chi connectivity index (χ3v) is 4.96. The van der Waals surface area contributed by atoms with Gasteiger partial charge >= 0.3 is 0 Å². The lowest BCUT2D eigenvalue weighted by Crippen LogP contribution is -2.56. The first-order chi connectivity index (χ1) is 8.47. The Morgan fingerprint density at radius 1 is 1.26 bits per heavy atom. The fourth-order valence-electron chi connectivity index (χ4n) is 3.33. The Kier molecular flexibility index (Phi) is 5.69. The van der Waals surface area contributed by atoms with E-state index in [2.05, 4.69) is 31.4 Å². The number of rotatable bonds is 3. The molecule has 1 saturated heterocycles. The first-order valence-electron chi connectivity index (χ1n) is 7.53. The summed E-state index contributed by atoms with van der Waals surface area (Å²) in [6.45, 7) is 7.76. The molecule has 0 aromatic rings. The zero-order chi connectivity index (χ0) is 13.2. The SMILES string of the molecule is CCC1(C(=O)NC2CCC(C)(C)CC2)CCCN1.Cl. The molecule has 1 amide bonds. The van der Waals surface area contributed by atoms with Gasteiger partial charge in [0.25, 0.3) is 0 Å². The van der Waals surface area contributed by atoms with Crippen molar-refractivity contribution in [2.24, 2.45) is 5.41 Å². The van der Waals surface area contributed by atoms with Gasteiger partial charge in [0.1, 0.15) is 0 Å². The number of hydrogen-bond donors (Lipinski definition) is 2. The highest BCUT2D eigenvalue weighted by atomic mass is 35.5. The third kappa shape index (κ3) is 3.85. The van der Waals surface area contributed by atoms with Gasteiger partial charge in [-0.05, 0) is 56.9 Å². The summed E-state index contributed by atoms with van der Waals surface area (Å²) in [4.78, 5) is 12.5. The van der Waals surface area contributed by atoms with Gasteiger partial charge in [-0.25, -0.2) is 0 Å². The predicted octanol–water partition coefficient (Wildman–Crippen LogP) is 3.03. The third-order valence-electron chi connectivity index (χ3n) is 4.96. The molecule has 1 unspecified atom stereocenters. The summed E-state index contributed by atoms with van der Waals surface area (Å²) in [6, 6.07) is 0.399. The minimum atomic E-state index is -0.271. The van der Waals surface area contributed by atoms with E-state index in [1.165, 1.54) is 12.8 Å². The van der Waals surface area contributed by atoms with E-state index in [9.17, 15) is 4.79 Å². The quantitative estimate of drug-likeness (QED) is 0.838. The highest BCUT2D eigenvalue weighted by molar-refractivity contribution is 5.86. The molecule has 112 valence electrons. The minimum Gasteiger partial charge on any atom is -0.352 e. The maximum Gasteiger partial charge on any atom is 0.240 e.